The van der Waals surface area contributed by atoms with Gasteiger partial charge in [-0.05, 0) is 55.2 Å². The molecule has 1 aliphatic carbocycles. The summed E-state index contributed by atoms with van der Waals surface area (Å²) >= 11 is 1.25. The lowest BCUT2D eigenvalue weighted by Gasteiger charge is -2.40. The Morgan fingerprint density at radius 2 is 1.91 bits per heavy atom. The van der Waals surface area contributed by atoms with Crippen LogP contribution in [0.25, 0.3) is 10.2 Å². The van der Waals surface area contributed by atoms with Crippen LogP contribution >= 0.6 is 11.3 Å². The molecule has 1 aliphatic heterocycles. The van der Waals surface area contributed by atoms with Gasteiger partial charge in [-0.15, -0.1) is 0 Å². The van der Waals surface area contributed by atoms with Gasteiger partial charge in [0.1, 0.15) is 12.1 Å². The van der Waals surface area contributed by atoms with Crippen molar-refractivity contribution in [3.8, 4) is 0 Å². The molecule has 5 amide bonds. The molecule has 1 aromatic carbocycles. The maximum atomic E-state index is 13.1. The van der Waals surface area contributed by atoms with Gasteiger partial charge in [0.25, 0.3) is 5.91 Å². The van der Waals surface area contributed by atoms with Crippen molar-refractivity contribution in [1.82, 2.24) is 15.2 Å². The van der Waals surface area contributed by atoms with E-state index in [9.17, 15) is 19.2 Å². The zero-order valence-electron chi connectivity index (χ0n) is 19.3. The van der Waals surface area contributed by atoms with Crippen LogP contribution in [-0.2, 0) is 14.4 Å². The molecular formula is C23H29N5O4S. The molecule has 176 valence electrons. The van der Waals surface area contributed by atoms with Crippen molar-refractivity contribution in [2.45, 2.75) is 58.9 Å². The molecule has 1 saturated heterocycles. The molecule has 2 aliphatic rings. The highest BCUT2D eigenvalue weighted by atomic mass is 32.1. The monoisotopic (exact) mass is 471 g/mol. The van der Waals surface area contributed by atoms with Gasteiger partial charge in [-0.1, -0.05) is 32.1 Å². The van der Waals surface area contributed by atoms with Crippen molar-refractivity contribution in [2.24, 2.45) is 11.3 Å². The molecule has 9 nitrogen and oxygen atoms in total. The van der Waals surface area contributed by atoms with E-state index >= 15 is 0 Å². The van der Waals surface area contributed by atoms with Crippen LogP contribution in [-0.4, -0.2) is 45.7 Å². The number of nitrogens with one attached hydrogen (secondary N) is 3. The van der Waals surface area contributed by atoms with Crippen molar-refractivity contribution >= 4 is 56.1 Å². The lowest BCUT2D eigenvalue weighted by Crippen LogP contribution is -2.50. The van der Waals surface area contributed by atoms with E-state index in [0.717, 1.165) is 22.4 Å². The number of thiazole rings is 1. The molecule has 2 aromatic rings. The summed E-state index contributed by atoms with van der Waals surface area (Å²) in [6, 6.07) is 4.74. The molecule has 4 rings (SSSR count). The number of urea groups is 1. The van der Waals surface area contributed by atoms with Gasteiger partial charge in [-0.2, -0.15) is 0 Å². The summed E-state index contributed by atoms with van der Waals surface area (Å²) < 4.78 is 0.793. The highest BCUT2D eigenvalue weighted by Crippen LogP contribution is 2.43. The Morgan fingerprint density at radius 1 is 1.21 bits per heavy atom. The van der Waals surface area contributed by atoms with Crippen LogP contribution in [0.2, 0.25) is 0 Å². The Bertz CT molecular complexity index is 1130. The first kappa shape index (κ1) is 23.2. The Kier molecular flexibility index (Phi) is 5.90. The molecule has 33 heavy (non-hydrogen) atoms. The largest absolute Gasteiger partial charge is 0.326 e. The van der Waals surface area contributed by atoms with E-state index in [1.54, 1.807) is 18.2 Å². The average Bonchev–Trinajstić information content (AvgIpc) is 3.20. The molecule has 0 radical (unpaired) electrons. The maximum Gasteiger partial charge on any atom is 0.325 e. The first-order valence-corrected chi connectivity index (χ1v) is 11.9. The molecule has 10 heteroatoms. The van der Waals surface area contributed by atoms with E-state index in [2.05, 4.69) is 41.7 Å². The normalized spacial score (nSPS) is 23.2. The lowest BCUT2D eigenvalue weighted by molar-refractivity contribution is -0.135. The highest BCUT2D eigenvalue weighted by Gasteiger charge is 2.53. The Labute approximate surface area is 196 Å². The summed E-state index contributed by atoms with van der Waals surface area (Å²) in [6.45, 7) is 7.67. The van der Waals surface area contributed by atoms with Gasteiger partial charge in [0.05, 0.1) is 10.2 Å². The minimum Gasteiger partial charge on any atom is -0.326 e. The van der Waals surface area contributed by atoms with Crippen molar-refractivity contribution < 1.29 is 19.2 Å². The molecule has 0 unspecified atom stereocenters. The Morgan fingerprint density at radius 3 is 2.55 bits per heavy atom. The second-order valence-corrected chi connectivity index (χ2v) is 11.0. The number of imide groups is 1. The van der Waals surface area contributed by atoms with E-state index in [0.29, 0.717) is 35.1 Å². The van der Waals surface area contributed by atoms with Gasteiger partial charge in [-0.3, -0.25) is 19.3 Å². The molecule has 1 saturated carbocycles. The summed E-state index contributed by atoms with van der Waals surface area (Å²) in [5.74, 6) is -0.486. The Balaban J connectivity index is 1.40. The fraction of sp³-hybridized carbons (Fsp3) is 0.522. The summed E-state index contributed by atoms with van der Waals surface area (Å²) in [4.78, 5) is 54.9. The van der Waals surface area contributed by atoms with E-state index in [4.69, 9.17) is 0 Å². The second-order valence-electron chi connectivity index (χ2n) is 9.97. The topological polar surface area (TPSA) is 120 Å². The van der Waals surface area contributed by atoms with Crippen molar-refractivity contribution in [1.29, 1.82) is 0 Å². The van der Waals surface area contributed by atoms with Crippen LogP contribution in [0.15, 0.2) is 18.2 Å². The van der Waals surface area contributed by atoms with Crippen LogP contribution < -0.4 is 16.0 Å². The van der Waals surface area contributed by atoms with Crippen LogP contribution in [0.5, 0.6) is 0 Å². The van der Waals surface area contributed by atoms with Crippen molar-refractivity contribution in [3.05, 3.63) is 18.2 Å². The fourth-order valence-electron chi connectivity index (χ4n) is 4.70. The Hall–Kier alpha value is -3.01. The predicted octanol–water partition coefficient (Wildman–Crippen LogP) is 3.72. The number of amides is 5. The van der Waals surface area contributed by atoms with Gasteiger partial charge >= 0.3 is 6.03 Å². The van der Waals surface area contributed by atoms with Crippen molar-refractivity contribution in [2.75, 3.05) is 17.2 Å². The molecule has 1 spiro atoms. The number of rotatable bonds is 4. The number of fused-ring (bicyclic) bond motifs is 1. The summed E-state index contributed by atoms with van der Waals surface area (Å²) in [5.41, 5.74) is 0.582. The number of carbonyl (C=O) groups excluding carboxylic acids is 4. The first-order valence-electron chi connectivity index (χ1n) is 11.1. The number of anilines is 2. The summed E-state index contributed by atoms with van der Waals surface area (Å²) in [7, 11) is 0. The molecule has 3 N–H and O–H groups in total. The van der Waals surface area contributed by atoms with Gasteiger partial charge in [0.2, 0.25) is 11.8 Å². The minimum absolute atomic E-state index is 0.160. The number of hydrogen-bond acceptors (Lipinski definition) is 6. The molecule has 0 atom stereocenters. The van der Waals surface area contributed by atoms with Crippen LogP contribution in [0, 0.1) is 11.3 Å². The van der Waals surface area contributed by atoms with Gasteiger partial charge in [0, 0.05) is 12.6 Å². The number of benzene rings is 1. The van der Waals surface area contributed by atoms with E-state index < -0.39 is 17.5 Å². The van der Waals surface area contributed by atoms with E-state index in [-0.39, 0.29) is 23.8 Å². The molecule has 2 fully saturated rings. The standard InChI is InChI=1S/C23H29N5O4S/c1-13(29)24-15-5-6-16-17(11-15)33-20(25-16)26-18(30)12-28-19(31)23(27-21(28)32)9-7-14(8-10-23)22(2,3)4/h5-6,11,14H,7-10,12H2,1-4H3,(H,24,29)(H,27,32)(H,25,26,30). The molecule has 0 bridgehead atoms. The SMILES string of the molecule is CC(=O)Nc1ccc2nc(NC(=O)CN3C(=O)NC4(CCC(C(C)(C)C)CC4)C3=O)sc2c1. The number of hydrogen-bond donors (Lipinski definition) is 3. The molecule has 2 heterocycles. The van der Waals surface area contributed by atoms with Gasteiger partial charge < -0.3 is 16.0 Å². The third-order valence-corrected chi connectivity index (χ3v) is 7.50. The number of nitrogens with zero attached hydrogens (tertiary/aromatic N) is 2. The summed E-state index contributed by atoms with van der Waals surface area (Å²) in [6.07, 6.45) is 2.90. The molecule has 1 aromatic heterocycles. The van der Waals surface area contributed by atoms with E-state index in [1.165, 1.54) is 18.3 Å². The van der Waals surface area contributed by atoms with Crippen molar-refractivity contribution in [3.63, 3.8) is 0 Å². The van der Waals surface area contributed by atoms with Crippen LogP contribution in [0.4, 0.5) is 15.6 Å². The smallest absolute Gasteiger partial charge is 0.325 e. The third-order valence-electron chi connectivity index (χ3n) is 6.57. The summed E-state index contributed by atoms with van der Waals surface area (Å²) in [5, 5.41) is 8.62. The average molecular weight is 472 g/mol. The van der Waals surface area contributed by atoms with Crippen LogP contribution in [0.3, 0.4) is 0 Å². The minimum atomic E-state index is -0.894. The zero-order valence-corrected chi connectivity index (χ0v) is 20.1. The number of carbonyl (C=O) groups is 4. The number of aromatic nitrogens is 1. The van der Waals surface area contributed by atoms with Crippen LogP contribution in [0.1, 0.15) is 53.4 Å². The fourth-order valence-corrected chi connectivity index (χ4v) is 5.62. The second kappa shape index (κ2) is 8.40. The maximum absolute atomic E-state index is 13.1. The third kappa shape index (κ3) is 4.71. The zero-order chi connectivity index (χ0) is 24.0. The highest BCUT2D eigenvalue weighted by molar-refractivity contribution is 7.22. The van der Waals surface area contributed by atoms with Gasteiger partial charge in [-0.25, -0.2) is 9.78 Å². The molecular weight excluding hydrogens is 442 g/mol. The predicted molar refractivity (Wildman–Crippen MR) is 127 cm³/mol. The van der Waals surface area contributed by atoms with Gasteiger partial charge in [0.15, 0.2) is 5.13 Å². The van der Waals surface area contributed by atoms with E-state index in [1.807, 2.05) is 0 Å². The lowest BCUT2D eigenvalue weighted by atomic mass is 9.67. The first-order chi connectivity index (χ1) is 15.5. The quantitative estimate of drug-likeness (QED) is 0.587.